The van der Waals surface area contributed by atoms with Gasteiger partial charge < -0.3 is 14.6 Å². The molecule has 1 fully saturated rings. The van der Waals surface area contributed by atoms with E-state index in [9.17, 15) is 0 Å². The number of aromatic nitrogens is 2. The van der Waals surface area contributed by atoms with Crippen LogP contribution in [0.25, 0.3) is 0 Å². The molecule has 1 aromatic rings. The highest BCUT2D eigenvalue weighted by molar-refractivity contribution is 4.92. The first-order valence-corrected chi connectivity index (χ1v) is 6.52. The number of nitrogens with zero attached hydrogens (tertiary/aromatic N) is 2. The number of aryl methyl sites for hydroxylation is 1. The molecule has 0 aliphatic carbocycles. The molecule has 1 aromatic heterocycles. The third kappa shape index (κ3) is 3.30. The molecule has 0 saturated carbocycles. The van der Waals surface area contributed by atoms with Gasteiger partial charge in [-0.3, -0.25) is 0 Å². The Hall–Kier alpha value is -0.870. The molecule has 0 amide bonds. The van der Waals surface area contributed by atoms with Crippen LogP contribution < -0.4 is 5.32 Å². The van der Waals surface area contributed by atoms with E-state index in [2.05, 4.69) is 28.7 Å². The van der Waals surface area contributed by atoms with Gasteiger partial charge in [-0.15, -0.1) is 0 Å². The van der Waals surface area contributed by atoms with E-state index < -0.39 is 0 Å². The zero-order chi connectivity index (χ0) is 12.1. The second-order valence-corrected chi connectivity index (χ2v) is 5.16. The second-order valence-electron chi connectivity index (χ2n) is 5.16. The van der Waals surface area contributed by atoms with Gasteiger partial charge in [0.05, 0.1) is 6.54 Å². The Morgan fingerprint density at radius 1 is 1.47 bits per heavy atom. The van der Waals surface area contributed by atoms with Crippen molar-refractivity contribution in [2.24, 2.45) is 5.41 Å². The number of rotatable bonds is 5. The normalized spacial score (nSPS) is 19.4. The van der Waals surface area contributed by atoms with Gasteiger partial charge in [0.1, 0.15) is 5.82 Å². The van der Waals surface area contributed by atoms with E-state index in [1.54, 1.807) is 0 Å². The fraction of sp³-hybridized carbons (Fsp3) is 0.769. The molecular formula is C13H23N3O. The molecule has 1 N–H and O–H groups in total. The molecule has 0 atom stereocenters. The Bertz CT molecular complexity index is 342. The predicted octanol–water partition coefficient (Wildman–Crippen LogP) is 1.81. The highest BCUT2D eigenvalue weighted by Crippen LogP contribution is 2.28. The van der Waals surface area contributed by atoms with Crippen molar-refractivity contribution in [1.82, 2.24) is 14.9 Å². The Morgan fingerprint density at radius 3 is 2.94 bits per heavy atom. The zero-order valence-corrected chi connectivity index (χ0v) is 10.9. The van der Waals surface area contributed by atoms with Crippen LogP contribution in [0.15, 0.2) is 12.4 Å². The predicted molar refractivity (Wildman–Crippen MR) is 67.8 cm³/mol. The Labute approximate surface area is 103 Å². The second kappa shape index (κ2) is 5.65. The van der Waals surface area contributed by atoms with Crippen LogP contribution in [0.1, 0.15) is 32.5 Å². The Morgan fingerprint density at radius 2 is 2.24 bits per heavy atom. The molecule has 17 heavy (non-hydrogen) atoms. The van der Waals surface area contributed by atoms with Crippen LogP contribution >= 0.6 is 0 Å². The molecule has 2 heterocycles. The molecule has 0 bridgehead atoms. The third-order valence-electron chi connectivity index (χ3n) is 3.68. The van der Waals surface area contributed by atoms with Crippen LogP contribution in [0.3, 0.4) is 0 Å². The van der Waals surface area contributed by atoms with Gasteiger partial charge in [0.2, 0.25) is 0 Å². The summed E-state index contributed by atoms with van der Waals surface area (Å²) in [6, 6.07) is 0. The third-order valence-corrected chi connectivity index (χ3v) is 3.68. The molecule has 0 spiro atoms. The molecule has 1 saturated heterocycles. The number of imidazole rings is 1. The van der Waals surface area contributed by atoms with Gasteiger partial charge in [0.25, 0.3) is 0 Å². The lowest BCUT2D eigenvalue weighted by atomic mass is 9.82. The van der Waals surface area contributed by atoms with Crippen LogP contribution in [0, 0.1) is 5.41 Å². The molecule has 0 radical (unpaired) electrons. The zero-order valence-electron chi connectivity index (χ0n) is 10.9. The summed E-state index contributed by atoms with van der Waals surface area (Å²) in [5.74, 6) is 1.13. The van der Waals surface area contributed by atoms with E-state index >= 15 is 0 Å². The summed E-state index contributed by atoms with van der Waals surface area (Å²) in [4.78, 5) is 4.37. The van der Waals surface area contributed by atoms with Crippen LogP contribution in [0.5, 0.6) is 0 Å². The molecule has 4 nitrogen and oxygen atoms in total. The number of ether oxygens (including phenoxy) is 1. The maximum atomic E-state index is 5.41. The van der Waals surface area contributed by atoms with Crippen molar-refractivity contribution >= 4 is 0 Å². The van der Waals surface area contributed by atoms with E-state index in [0.717, 1.165) is 51.5 Å². The average Bonchev–Trinajstić information content (AvgIpc) is 2.77. The van der Waals surface area contributed by atoms with Crippen LogP contribution in [0.4, 0.5) is 0 Å². The van der Waals surface area contributed by atoms with Crippen LogP contribution in [-0.2, 0) is 17.8 Å². The quantitative estimate of drug-likeness (QED) is 0.849. The Kier molecular flexibility index (Phi) is 4.18. The van der Waals surface area contributed by atoms with Gasteiger partial charge in [-0.05, 0) is 25.2 Å². The minimum Gasteiger partial charge on any atom is -0.381 e. The maximum Gasteiger partial charge on any atom is 0.122 e. The SMILES string of the molecule is CCn1ccnc1CNCC1(C)CCOCC1. The molecule has 0 aromatic carbocycles. The van der Waals surface area contributed by atoms with Crippen LogP contribution in [-0.4, -0.2) is 29.3 Å². The van der Waals surface area contributed by atoms with E-state index in [-0.39, 0.29) is 0 Å². The number of hydrogen-bond acceptors (Lipinski definition) is 3. The Balaban J connectivity index is 1.79. The summed E-state index contributed by atoms with van der Waals surface area (Å²) in [5, 5.41) is 3.53. The maximum absolute atomic E-state index is 5.41. The lowest BCUT2D eigenvalue weighted by Gasteiger charge is -2.33. The van der Waals surface area contributed by atoms with Crippen molar-refractivity contribution in [1.29, 1.82) is 0 Å². The summed E-state index contributed by atoms with van der Waals surface area (Å²) < 4.78 is 7.59. The fourth-order valence-corrected chi connectivity index (χ4v) is 2.31. The highest BCUT2D eigenvalue weighted by atomic mass is 16.5. The highest BCUT2D eigenvalue weighted by Gasteiger charge is 2.26. The first-order valence-electron chi connectivity index (χ1n) is 6.52. The van der Waals surface area contributed by atoms with Crippen LogP contribution in [0.2, 0.25) is 0 Å². The number of hydrogen-bond donors (Lipinski definition) is 1. The summed E-state index contributed by atoms with van der Waals surface area (Å²) >= 11 is 0. The molecule has 1 aliphatic rings. The minimum atomic E-state index is 0.391. The lowest BCUT2D eigenvalue weighted by molar-refractivity contribution is 0.0239. The van der Waals surface area contributed by atoms with Gasteiger partial charge in [-0.2, -0.15) is 0 Å². The molecular weight excluding hydrogens is 214 g/mol. The molecule has 2 rings (SSSR count). The summed E-state index contributed by atoms with van der Waals surface area (Å²) in [7, 11) is 0. The van der Waals surface area contributed by atoms with E-state index in [1.165, 1.54) is 0 Å². The lowest BCUT2D eigenvalue weighted by Crippen LogP contribution is -2.36. The van der Waals surface area contributed by atoms with Gasteiger partial charge in [0, 0.05) is 38.7 Å². The van der Waals surface area contributed by atoms with Crippen molar-refractivity contribution in [2.45, 2.75) is 39.8 Å². The first kappa shape index (κ1) is 12.6. The molecule has 96 valence electrons. The standard InChI is InChI=1S/C13H23N3O/c1-3-16-7-6-15-12(16)10-14-11-13(2)4-8-17-9-5-13/h6-7,14H,3-5,8-11H2,1-2H3. The monoisotopic (exact) mass is 237 g/mol. The van der Waals surface area contributed by atoms with Gasteiger partial charge in [-0.25, -0.2) is 4.98 Å². The van der Waals surface area contributed by atoms with E-state index in [4.69, 9.17) is 4.74 Å². The average molecular weight is 237 g/mol. The first-order chi connectivity index (χ1) is 8.23. The van der Waals surface area contributed by atoms with Crippen molar-refractivity contribution in [3.63, 3.8) is 0 Å². The topological polar surface area (TPSA) is 39.1 Å². The number of nitrogens with one attached hydrogen (secondary N) is 1. The van der Waals surface area contributed by atoms with Gasteiger partial charge >= 0.3 is 0 Å². The minimum absolute atomic E-state index is 0.391. The smallest absolute Gasteiger partial charge is 0.122 e. The molecule has 0 unspecified atom stereocenters. The van der Waals surface area contributed by atoms with Crippen molar-refractivity contribution in [2.75, 3.05) is 19.8 Å². The summed E-state index contributed by atoms with van der Waals surface area (Å²) in [6.07, 6.45) is 6.22. The largest absolute Gasteiger partial charge is 0.381 e. The van der Waals surface area contributed by atoms with Gasteiger partial charge in [-0.1, -0.05) is 6.92 Å². The van der Waals surface area contributed by atoms with Crippen molar-refractivity contribution in [3.05, 3.63) is 18.2 Å². The van der Waals surface area contributed by atoms with E-state index in [1.807, 2.05) is 12.4 Å². The molecule has 4 heteroatoms. The molecule has 1 aliphatic heterocycles. The fourth-order valence-electron chi connectivity index (χ4n) is 2.31. The van der Waals surface area contributed by atoms with Gasteiger partial charge in [0.15, 0.2) is 0 Å². The summed E-state index contributed by atoms with van der Waals surface area (Å²) in [5.41, 5.74) is 0.391. The van der Waals surface area contributed by atoms with Crippen molar-refractivity contribution < 1.29 is 4.74 Å². The van der Waals surface area contributed by atoms with E-state index in [0.29, 0.717) is 5.41 Å². The summed E-state index contributed by atoms with van der Waals surface area (Å²) in [6.45, 7) is 9.19. The van der Waals surface area contributed by atoms with Crippen molar-refractivity contribution in [3.8, 4) is 0 Å².